The van der Waals surface area contributed by atoms with Crippen LogP contribution in [0.25, 0.3) is 0 Å². The average molecular weight is 141 g/mol. The van der Waals surface area contributed by atoms with E-state index in [4.69, 9.17) is 4.84 Å². The average Bonchev–Trinajstić information content (AvgIpc) is 1.78. The molecule has 2 nitrogen and oxygen atoms in total. The highest BCUT2D eigenvalue weighted by molar-refractivity contribution is 5.63. The van der Waals surface area contributed by atoms with Crippen molar-refractivity contribution in [1.82, 2.24) is 0 Å². The molecule has 0 atom stereocenters. The van der Waals surface area contributed by atoms with Gasteiger partial charge in [0.2, 0.25) is 0 Å². The standard InChI is InChI=1S/C8H15NO/c1-5-6-10-9-7-8(2,3)4/h5,7H,1,6H2,2-4H3/b9-7-. The summed E-state index contributed by atoms with van der Waals surface area (Å²) in [5.41, 5.74) is 0.0984. The van der Waals surface area contributed by atoms with Gasteiger partial charge in [0.1, 0.15) is 6.61 Å². The molecule has 0 N–H and O–H groups in total. The molecule has 58 valence electrons. The zero-order chi connectivity index (χ0) is 8.04. The lowest BCUT2D eigenvalue weighted by atomic mass is 10.00. The van der Waals surface area contributed by atoms with Crippen molar-refractivity contribution in [3.05, 3.63) is 12.7 Å². The quantitative estimate of drug-likeness (QED) is 0.255. The van der Waals surface area contributed by atoms with E-state index in [1.165, 1.54) is 0 Å². The van der Waals surface area contributed by atoms with E-state index in [0.29, 0.717) is 6.61 Å². The van der Waals surface area contributed by atoms with E-state index in [2.05, 4.69) is 32.5 Å². The molecule has 0 aliphatic heterocycles. The smallest absolute Gasteiger partial charge is 0.135 e. The van der Waals surface area contributed by atoms with Gasteiger partial charge in [0.15, 0.2) is 0 Å². The first kappa shape index (κ1) is 9.21. The number of nitrogens with zero attached hydrogens (tertiary/aromatic N) is 1. The summed E-state index contributed by atoms with van der Waals surface area (Å²) in [6.07, 6.45) is 3.44. The van der Waals surface area contributed by atoms with Crippen LogP contribution < -0.4 is 0 Å². The molecule has 0 unspecified atom stereocenters. The Morgan fingerprint density at radius 3 is 2.50 bits per heavy atom. The molecule has 0 bridgehead atoms. The Kier molecular flexibility index (Phi) is 3.77. The number of hydrogen-bond donors (Lipinski definition) is 0. The van der Waals surface area contributed by atoms with Crippen LogP contribution >= 0.6 is 0 Å². The lowest BCUT2D eigenvalue weighted by Crippen LogP contribution is -2.06. The maximum absolute atomic E-state index is 4.81. The summed E-state index contributed by atoms with van der Waals surface area (Å²) in [5.74, 6) is 0. The fraction of sp³-hybridized carbons (Fsp3) is 0.625. The SMILES string of the molecule is C=CCO/N=C\C(C)(C)C. The Balaban J connectivity index is 3.46. The van der Waals surface area contributed by atoms with Gasteiger partial charge in [0.05, 0.1) is 0 Å². The Hall–Kier alpha value is -0.790. The third-order valence-corrected chi connectivity index (χ3v) is 0.707. The van der Waals surface area contributed by atoms with E-state index in [9.17, 15) is 0 Å². The molecule has 0 aromatic carbocycles. The van der Waals surface area contributed by atoms with E-state index < -0.39 is 0 Å². The van der Waals surface area contributed by atoms with E-state index in [0.717, 1.165) is 0 Å². The topological polar surface area (TPSA) is 21.6 Å². The normalized spacial score (nSPS) is 11.9. The molecule has 0 radical (unpaired) electrons. The van der Waals surface area contributed by atoms with Crippen LogP contribution in [0, 0.1) is 5.41 Å². The molecule has 0 amide bonds. The van der Waals surface area contributed by atoms with Gasteiger partial charge in [-0.15, -0.1) is 0 Å². The molecule has 0 fully saturated rings. The second-order valence-electron chi connectivity index (χ2n) is 3.18. The summed E-state index contributed by atoms with van der Waals surface area (Å²) in [6.45, 7) is 10.2. The van der Waals surface area contributed by atoms with Crippen LogP contribution in [0.3, 0.4) is 0 Å². The Morgan fingerprint density at radius 1 is 1.50 bits per heavy atom. The van der Waals surface area contributed by atoms with Gasteiger partial charge in [-0.3, -0.25) is 0 Å². The summed E-state index contributed by atoms with van der Waals surface area (Å²) in [5, 5.41) is 3.74. The Labute approximate surface area is 62.6 Å². The highest BCUT2D eigenvalue weighted by Crippen LogP contribution is 2.07. The molecule has 0 aliphatic carbocycles. The third kappa shape index (κ3) is 7.21. The highest BCUT2D eigenvalue weighted by atomic mass is 16.6. The first-order chi connectivity index (χ1) is 4.56. The molecule has 0 spiro atoms. The van der Waals surface area contributed by atoms with Crippen LogP contribution in [-0.4, -0.2) is 12.8 Å². The van der Waals surface area contributed by atoms with E-state index in [-0.39, 0.29) is 5.41 Å². The van der Waals surface area contributed by atoms with E-state index in [1.54, 1.807) is 12.3 Å². The van der Waals surface area contributed by atoms with Crippen molar-refractivity contribution in [3.63, 3.8) is 0 Å². The second kappa shape index (κ2) is 4.09. The first-order valence-electron chi connectivity index (χ1n) is 3.33. The predicted molar refractivity (Wildman–Crippen MR) is 44.1 cm³/mol. The number of rotatable bonds is 3. The third-order valence-electron chi connectivity index (χ3n) is 0.707. The van der Waals surface area contributed by atoms with Crippen molar-refractivity contribution in [2.24, 2.45) is 10.6 Å². The Bertz CT molecular complexity index is 122. The molecule has 10 heavy (non-hydrogen) atoms. The summed E-state index contributed by atoms with van der Waals surface area (Å²) >= 11 is 0. The van der Waals surface area contributed by atoms with Gasteiger partial charge in [-0.05, 0) is 0 Å². The minimum Gasteiger partial charge on any atom is -0.392 e. The van der Waals surface area contributed by atoms with E-state index >= 15 is 0 Å². The van der Waals surface area contributed by atoms with Crippen molar-refractivity contribution >= 4 is 6.21 Å². The van der Waals surface area contributed by atoms with Crippen LogP contribution in [0.4, 0.5) is 0 Å². The lowest BCUT2D eigenvalue weighted by molar-refractivity contribution is 0.173. The lowest BCUT2D eigenvalue weighted by Gasteiger charge is -2.08. The summed E-state index contributed by atoms with van der Waals surface area (Å²) in [7, 11) is 0. The molecule has 0 aliphatic rings. The molecule has 0 saturated carbocycles. The fourth-order valence-corrected chi connectivity index (χ4v) is 0.291. The molecule has 0 aromatic rings. The molecular formula is C8H15NO. The number of hydrogen-bond acceptors (Lipinski definition) is 2. The van der Waals surface area contributed by atoms with Crippen LogP contribution in [0.15, 0.2) is 17.8 Å². The number of oxime groups is 1. The zero-order valence-corrected chi connectivity index (χ0v) is 6.92. The van der Waals surface area contributed by atoms with Crippen molar-refractivity contribution in [2.75, 3.05) is 6.61 Å². The van der Waals surface area contributed by atoms with Gasteiger partial charge in [-0.1, -0.05) is 38.6 Å². The molecule has 2 heteroatoms. The van der Waals surface area contributed by atoms with Gasteiger partial charge in [0.25, 0.3) is 0 Å². The van der Waals surface area contributed by atoms with Crippen molar-refractivity contribution in [3.8, 4) is 0 Å². The van der Waals surface area contributed by atoms with Crippen LogP contribution in [0.5, 0.6) is 0 Å². The fourth-order valence-electron chi connectivity index (χ4n) is 0.291. The minimum atomic E-state index is 0.0984. The van der Waals surface area contributed by atoms with Crippen molar-refractivity contribution in [1.29, 1.82) is 0 Å². The van der Waals surface area contributed by atoms with Crippen molar-refractivity contribution in [2.45, 2.75) is 20.8 Å². The largest absolute Gasteiger partial charge is 0.392 e. The Morgan fingerprint density at radius 2 is 2.10 bits per heavy atom. The molecule has 0 saturated heterocycles. The van der Waals surface area contributed by atoms with Gasteiger partial charge >= 0.3 is 0 Å². The maximum atomic E-state index is 4.81. The predicted octanol–water partition coefficient (Wildman–Crippen LogP) is 2.22. The van der Waals surface area contributed by atoms with Gasteiger partial charge in [0, 0.05) is 11.6 Å². The minimum absolute atomic E-state index is 0.0984. The maximum Gasteiger partial charge on any atom is 0.135 e. The van der Waals surface area contributed by atoms with E-state index in [1.807, 2.05) is 0 Å². The summed E-state index contributed by atoms with van der Waals surface area (Å²) in [4.78, 5) is 4.81. The van der Waals surface area contributed by atoms with Crippen LogP contribution in [0.2, 0.25) is 0 Å². The van der Waals surface area contributed by atoms with Gasteiger partial charge in [-0.25, -0.2) is 0 Å². The molecule has 0 aromatic heterocycles. The summed E-state index contributed by atoms with van der Waals surface area (Å²) < 4.78 is 0. The monoisotopic (exact) mass is 141 g/mol. The highest BCUT2D eigenvalue weighted by Gasteiger charge is 2.04. The van der Waals surface area contributed by atoms with Crippen molar-refractivity contribution < 1.29 is 4.84 Å². The van der Waals surface area contributed by atoms with Crippen LogP contribution in [0.1, 0.15) is 20.8 Å². The first-order valence-corrected chi connectivity index (χ1v) is 3.33. The molecular weight excluding hydrogens is 126 g/mol. The molecule has 0 rings (SSSR count). The van der Waals surface area contributed by atoms with Gasteiger partial charge in [-0.2, -0.15) is 0 Å². The van der Waals surface area contributed by atoms with Gasteiger partial charge < -0.3 is 4.84 Å². The zero-order valence-electron chi connectivity index (χ0n) is 6.92. The second-order valence-corrected chi connectivity index (χ2v) is 3.18. The summed E-state index contributed by atoms with van der Waals surface area (Å²) in [6, 6.07) is 0. The van der Waals surface area contributed by atoms with Crippen LogP contribution in [-0.2, 0) is 4.84 Å². The molecule has 0 heterocycles.